The highest BCUT2D eigenvalue weighted by Gasteiger charge is 2.06. The average Bonchev–Trinajstić information content (AvgIpc) is 2.99. The Morgan fingerprint density at radius 2 is 1.92 bits per heavy atom. The Balaban J connectivity index is 1.80. The molecule has 1 N–H and O–H groups in total. The molecule has 0 fully saturated rings. The van der Waals surface area contributed by atoms with Gasteiger partial charge in [0.15, 0.2) is 5.84 Å². The Hall–Kier alpha value is -1.52. The van der Waals surface area contributed by atoms with Crippen molar-refractivity contribution in [2.24, 2.45) is 4.99 Å². The highest BCUT2D eigenvalue weighted by Crippen LogP contribution is 2.25. The molecule has 1 aromatic heterocycles. The lowest BCUT2D eigenvalue weighted by atomic mass is 10.2. The molecule has 0 spiro atoms. The zero-order valence-corrected chi connectivity index (χ0v) is 16.0. The molecule has 0 aliphatic rings. The van der Waals surface area contributed by atoms with Crippen molar-refractivity contribution in [3.05, 3.63) is 35.2 Å². The van der Waals surface area contributed by atoms with E-state index in [1.54, 1.807) is 11.3 Å². The van der Waals surface area contributed by atoms with Gasteiger partial charge in [0.05, 0.1) is 4.88 Å². The Kier molecular flexibility index (Phi) is 7.60. The summed E-state index contributed by atoms with van der Waals surface area (Å²) < 4.78 is 1.22. The van der Waals surface area contributed by atoms with Crippen molar-refractivity contribution < 1.29 is 0 Å². The van der Waals surface area contributed by atoms with Crippen molar-refractivity contribution in [2.45, 2.75) is 46.0 Å². The number of rotatable bonds is 9. The molecule has 1 aromatic carbocycles. The summed E-state index contributed by atoms with van der Waals surface area (Å²) in [6, 6.07) is 10.3. The highest BCUT2D eigenvalue weighted by molar-refractivity contribution is 7.20. The molecule has 0 saturated carbocycles. The van der Waals surface area contributed by atoms with Crippen LogP contribution in [0.5, 0.6) is 0 Å². The second kappa shape index (κ2) is 9.70. The monoisotopic (exact) mass is 343 g/mol. The lowest BCUT2D eigenvalue weighted by Gasteiger charge is -2.15. The van der Waals surface area contributed by atoms with E-state index in [9.17, 15) is 0 Å². The summed E-state index contributed by atoms with van der Waals surface area (Å²) in [5.74, 6) is 0.394. The molecule has 0 saturated heterocycles. The van der Waals surface area contributed by atoms with E-state index in [-0.39, 0.29) is 0 Å². The molecule has 0 atom stereocenters. The molecule has 2 aromatic rings. The number of thiophene rings is 1. The number of nitrogens with zero attached hydrogens (tertiary/aromatic N) is 2. The van der Waals surface area contributed by atoms with Gasteiger partial charge in [-0.25, -0.2) is 4.99 Å². The number of hydrogen-bond donors (Lipinski definition) is 1. The van der Waals surface area contributed by atoms with Gasteiger partial charge in [-0.05, 0) is 63.8 Å². The zero-order valence-electron chi connectivity index (χ0n) is 15.1. The maximum absolute atomic E-state index is 8.24. The molecule has 3 nitrogen and oxygen atoms in total. The summed E-state index contributed by atoms with van der Waals surface area (Å²) >= 11 is 1.65. The maximum Gasteiger partial charge on any atom is 0.161 e. The lowest BCUT2D eigenvalue weighted by Crippen LogP contribution is -2.21. The largest absolute Gasteiger partial charge is 0.306 e. The SMILES string of the molecule is CCCCCN(C)CCCC(C)=NC(=N)c1cc2ccccc2s1. The zero-order chi connectivity index (χ0) is 17.4. The van der Waals surface area contributed by atoms with E-state index in [0.717, 1.165) is 30.0 Å². The van der Waals surface area contributed by atoms with E-state index in [1.807, 2.05) is 19.1 Å². The van der Waals surface area contributed by atoms with E-state index in [2.05, 4.69) is 42.1 Å². The molecule has 1 heterocycles. The fourth-order valence-corrected chi connectivity index (χ4v) is 3.71. The lowest BCUT2D eigenvalue weighted by molar-refractivity contribution is 0.323. The van der Waals surface area contributed by atoms with Gasteiger partial charge in [0.1, 0.15) is 0 Å². The van der Waals surface area contributed by atoms with Crippen molar-refractivity contribution in [3.63, 3.8) is 0 Å². The van der Waals surface area contributed by atoms with Crippen LogP contribution in [0.1, 0.15) is 50.8 Å². The first-order valence-corrected chi connectivity index (χ1v) is 9.72. The van der Waals surface area contributed by atoms with Gasteiger partial charge in [-0.3, -0.25) is 5.41 Å². The molecule has 0 radical (unpaired) electrons. The first-order valence-electron chi connectivity index (χ1n) is 8.90. The van der Waals surface area contributed by atoms with Crippen LogP contribution in [0.4, 0.5) is 0 Å². The second-order valence-electron chi connectivity index (χ2n) is 6.46. The maximum atomic E-state index is 8.24. The van der Waals surface area contributed by atoms with Gasteiger partial charge in [0, 0.05) is 10.4 Å². The Morgan fingerprint density at radius 1 is 1.17 bits per heavy atom. The van der Waals surface area contributed by atoms with Gasteiger partial charge in [0.25, 0.3) is 0 Å². The van der Waals surface area contributed by atoms with Crippen molar-refractivity contribution in [1.29, 1.82) is 5.41 Å². The number of nitrogens with one attached hydrogen (secondary N) is 1. The van der Waals surface area contributed by atoms with Gasteiger partial charge in [0.2, 0.25) is 0 Å². The van der Waals surface area contributed by atoms with Crippen LogP contribution in [-0.2, 0) is 0 Å². The van der Waals surface area contributed by atoms with Crippen LogP contribution in [0.25, 0.3) is 10.1 Å². The van der Waals surface area contributed by atoms with Gasteiger partial charge < -0.3 is 4.90 Å². The quantitative estimate of drug-likeness (QED) is 0.360. The van der Waals surface area contributed by atoms with E-state index >= 15 is 0 Å². The number of amidine groups is 1. The number of aliphatic imine (C=N–C) groups is 1. The minimum absolute atomic E-state index is 0.394. The standard InChI is InChI=1S/C20H29N3S/c1-4-5-8-13-23(3)14-9-10-16(2)22-20(21)19-15-17-11-6-7-12-18(17)24-19/h6-7,11-12,15,21H,4-5,8-10,13-14H2,1-3H3. The van der Waals surface area contributed by atoms with Crippen LogP contribution in [-0.4, -0.2) is 36.6 Å². The van der Waals surface area contributed by atoms with Crippen LogP contribution < -0.4 is 0 Å². The summed E-state index contributed by atoms with van der Waals surface area (Å²) in [6.45, 7) is 6.57. The first-order chi connectivity index (χ1) is 11.6. The van der Waals surface area contributed by atoms with Gasteiger partial charge in [-0.2, -0.15) is 0 Å². The number of unbranched alkanes of at least 4 members (excludes halogenated alkanes) is 2. The summed E-state index contributed by atoms with van der Waals surface area (Å²) in [7, 11) is 2.20. The van der Waals surface area contributed by atoms with Crippen LogP contribution in [0.2, 0.25) is 0 Å². The molecule has 0 bridgehead atoms. The number of hydrogen-bond acceptors (Lipinski definition) is 3. The van der Waals surface area contributed by atoms with Gasteiger partial charge >= 0.3 is 0 Å². The van der Waals surface area contributed by atoms with Crippen molar-refractivity contribution in [2.75, 3.05) is 20.1 Å². The normalized spacial score (nSPS) is 12.2. The third-order valence-electron chi connectivity index (χ3n) is 4.18. The minimum atomic E-state index is 0.394. The molecule has 4 heteroatoms. The Morgan fingerprint density at radius 3 is 2.67 bits per heavy atom. The van der Waals surface area contributed by atoms with E-state index in [0.29, 0.717) is 5.84 Å². The fraction of sp³-hybridized carbons (Fsp3) is 0.500. The van der Waals surface area contributed by atoms with E-state index in [1.165, 1.54) is 35.9 Å². The van der Waals surface area contributed by atoms with Crippen molar-refractivity contribution in [1.82, 2.24) is 4.90 Å². The Labute approximate surface area is 149 Å². The Bertz CT molecular complexity index is 654. The predicted octanol–water partition coefficient (Wildman–Crippen LogP) is 5.59. The summed E-state index contributed by atoms with van der Waals surface area (Å²) in [6.07, 6.45) is 5.95. The smallest absolute Gasteiger partial charge is 0.161 e. The molecule has 0 amide bonds. The van der Waals surface area contributed by atoms with Gasteiger partial charge in [-0.1, -0.05) is 38.0 Å². The van der Waals surface area contributed by atoms with Crippen LogP contribution in [0.15, 0.2) is 35.3 Å². The summed E-state index contributed by atoms with van der Waals surface area (Å²) in [4.78, 5) is 7.86. The second-order valence-corrected chi connectivity index (χ2v) is 7.54. The van der Waals surface area contributed by atoms with Crippen LogP contribution in [0.3, 0.4) is 0 Å². The molecular formula is C20H29N3S. The average molecular weight is 344 g/mol. The highest BCUT2D eigenvalue weighted by atomic mass is 32.1. The molecule has 130 valence electrons. The third-order valence-corrected chi connectivity index (χ3v) is 5.31. The molecule has 0 aliphatic carbocycles. The molecular weight excluding hydrogens is 314 g/mol. The first kappa shape index (κ1) is 18.8. The predicted molar refractivity (Wildman–Crippen MR) is 108 cm³/mol. The number of benzene rings is 1. The molecule has 24 heavy (non-hydrogen) atoms. The van der Waals surface area contributed by atoms with Crippen LogP contribution in [0, 0.1) is 5.41 Å². The topological polar surface area (TPSA) is 39.5 Å². The molecule has 0 aliphatic heterocycles. The molecule has 0 unspecified atom stereocenters. The molecule has 2 rings (SSSR count). The minimum Gasteiger partial charge on any atom is -0.306 e. The van der Waals surface area contributed by atoms with Crippen molar-refractivity contribution >= 4 is 33.0 Å². The van der Waals surface area contributed by atoms with Gasteiger partial charge in [-0.15, -0.1) is 11.3 Å². The van der Waals surface area contributed by atoms with Crippen molar-refractivity contribution in [3.8, 4) is 0 Å². The summed E-state index contributed by atoms with van der Waals surface area (Å²) in [5, 5.41) is 9.44. The summed E-state index contributed by atoms with van der Waals surface area (Å²) in [5.41, 5.74) is 1.06. The third kappa shape index (κ3) is 5.84. The van der Waals surface area contributed by atoms with Crippen LogP contribution >= 0.6 is 11.3 Å². The number of fused-ring (bicyclic) bond motifs is 1. The fourth-order valence-electron chi connectivity index (χ4n) is 2.75. The van der Waals surface area contributed by atoms with E-state index < -0.39 is 0 Å². The van der Waals surface area contributed by atoms with E-state index in [4.69, 9.17) is 5.41 Å².